The number of nitrogens with two attached hydrogens (primary N) is 1. The zero-order valence-corrected chi connectivity index (χ0v) is 10.1. The smallest absolute Gasteiger partial charge is 0.0950 e. The van der Waals surface area contributed by atoms with E-state index in [1.54, 1.807) is 0 Å². The van der Waals surface area contributed by atoms with Gasteiger partial charge in [-0.2, -0.15) is 5.26 Å². The normalized spacial score (nSPS) is 18.7. The second-order valence-electron chi connectivity index (χ2n) is 4.42. The maximum atomic E-state index is 8.88. The summed E-state index contributed by atoms with van der Waals surface area (Å²) in [5, 5.41) is 8.88. The highest BCUT2D eigenvalue weighted by atomic mass is 15.3. The molecule has 4 nitrogen and oxygen atoms in total. The zero-order valence-electron chi connectivity index (χ0n) is 10.1. The Morgan fingerprint density at radius 3 is 2.29 bits per heavy atom. The van der Waals surface area contributed by atoms with E-state index >= 15 is 0 Å². The van der Waals surface area contributed by atoms with Crippen molar-refractivity contribution in [1.29, 1.82) is 5.26 Å². The quantitative estimate of drug-likeness (QED) is 0.778. The highest BCUT2D eigenvalue weighted by Gasteiger charge is 2.20. The molecule has 2 N–H and O–H groups in total. The van der Waals surface area contributed by atoms with E-state index in [0.29, 0.717) is 0 Å². The highest BCUT2D eigenvalue weighted by Crippen LogP contribution is 2.18. The Labute approximate surface area is 102 Å². The molecule has 0 amide bonds. The van der Waals surface area contributed by atoms with Crippen LogP contribution < -0.4 is 10.6 Å². The summed E-state index contributed by atoms with van der Waals surface area (Å²) in [6, 6.07) is 10.3. The van der Waals surface area contributed by atoms with Crippen LogP contribution in [-0.2, 0) is 0 Å². The number of rotatable bonds is 2. The molecule has 4 heteroatoms. The van der Waals surface area contributed by atoms with Gasteiger partial charge in [0.2, 0.25) is 0 Å². The lowest BCUT2D eigenvalue weighted by Gasteiger charge is -2.37. The van der Waals surface area contributed by atoms with E-state index in [2.05, 4.69) is 28.0 Å². The summed E-state index contributed by atoms with van der Waals surface area (Å²) in [6.07, 6.45) is 0. The van der Waals surface area contributed by atoms with E-state index in [1.807, 2.05) is 19.1 Å². The first-order valence-corrected chi connectivity index (χ1v) is 5.95. The number of hydrogen-bond donors (Lipinski definition) is 1. The molecule has 1 saturated heterocycles. The topological polar surface area (TPSA) is 56.3 Å². The third-order valence-electron chi connectivity index (χ3n) is 3.31. The van der Waals surface area contributed by atoms with E-state index in [0.717, 1.165) is 31.9 Å². The van der Waals surface area contributed by atoms with Crippen molar-refractivity contribution in [2.24, 2.45) is 0 Å². The Hall–Kier alpha value is -1.73. The number of benzene rings is 1. The van der Waals surface area contributed by atoms with Gasteiger partial charge >= 0.3 is 0 Å². The van der Waals surface area contributed by atoms with Crippen LogP contribution >= 0.6 is 0 Å². The molecule has 0 spiro atoms. The van der Waals surface area contributed by atoms with Crippen LogP contribution in [0, 0.1) is 11.3 Å². The van der Waals surface area contributed by atoms with Crippen molar-refractivity contribution in [3.8, 4) is 6.07 Å². The molecule has 1 aromatic carbocycles. The van der Waals surface area contributed by atoms with E-state index in [1.165, 1.54) is 5.69 Å². The molecule has 1 heterocycles. The van der Waals surface area contributed by atoms with Crippen molar-refractivity contribution in [2.75, 3.05) is 36.8 Å². The summed E-state index contributed by atoms with van der Waals surface area (Å²) >= 11 is 0. The third-order valence-corrected chi connectivity index (χ3v) is 3.31. The number of nitriles is 1. The van der Waals surface area contributed by atoms with Crippen LogP contribution in [0.4, 0.5) is 11.4 Å². The summed E-state index contributed by atoms with van der Waals surface area (Å²) in [5.41, 5.74) is 7.68. The van der Waals surface area contributed by atoms with Gasteiger partial charge in [0.15, 0.2) is 0 Å². The number of nitrogen functional groups attached to an aromatic ring is 1. The average Bonchev–Trinajstić information content (AvgIpc) is 2.39. The highest BCUT2D eigenvalue weighted by molar-refractivity contribution is 5.53. The molecule has 1 aliphatic heterocycles. The van der Waals surface area contributed by atoms with Crippen LogP contribution in [0.5, 0.6) is 0 Å². The molecule has 2 rings (SSSR count). The molecule has 1 fully saturated rings. The lowest BCUT2D eigenvalue weighted by molar-refractivity contribution is 0.231. The van der Waals surface area contributed by atoms with Gasteiger partial charge in [0.25, 0.3) is 0 Å². The Balaban J connectivity index is 1.95. The molecule has 0 aromatic heterocycles. The lowest BCUT2D eigenvalue weighted by atomic mass is 10.2. The SMILES string of the molecule is CC(C#N)N1CCN(c2ccc(N)cc2)CC1. The Morgan fingerprint density at radius 2 is 1.76 bits per heavy atom. The summed E-state index contributed by atoms with van der Waals surface area (Å²) in [4.78, 5) is 4.55. The Morgan fingerprint density at radius 1 is 1.18 bits per heavy atom. The van der Waals surface area contributed by atoms with E-state index < -0.39 is 0 Å². The molecule has 1 atom stereocenters. The first-order valence-electron chi connectivity index (χ1n) is 5.95. The first-order chi connectivity index (χ1) is 8.20. The van der Waals surface area contributed by atoms with E-state index in [9.17, 15) is 0 Å². The maximum Gasteiger partial charge on any atom is 0.0950 e. The molecule has 1 aromatic rings. The van der Waals surface area contributed by atoms with Gasteiger partial charge in [-0.05, 0) is 31.2 Å². The van der Waals surface area contributed by atoms with Crippen LogP contribution in [0.15, 0.2) is 24.3 Å². The van der Waals surface area contributed by atoms with Gasteiger partial charge in [0.05, 0.1) is 12.1 Å². The van der Waals surface area contributed by atoms with Crippen LogP contribution in [0.2, 0.25) is 0 Å². The molecule has 1 aliphatic rings. The minimum absolute atomic E-state index is 0.0172. The number of anilines is 2. The largest absolute Gasteiger partial charge is 0.399 e. The third kappa shape index (κ3) is 2.69. The summed E-state index contributed by atoms with van der Waals surface area (Å²) in [5.74, 6) is 0. The zero-order chi connectivity index (χ0) is 12.3. The molecule has 0 bridgehead atoms. The van der Waals surface area contributed by atoms with E-state index in [4.69, 9.17) is 11.0 Å². The van der Waals surface area contributed by atoms with Crippen LogP contribution in [0.3, 0.4) is 0 Å². The number of nitrogens with zero attached hydrogens (tertiary/aromatic N) is 3. The molecule has 0 saturated carbocycles. The van der Waals surface area contributed by atoms with Gasteiger partial charge < -0.3 is 10.6 Å². The minimum atomic E-state index is 0.0172. The fourth-order valence-electron chi connectivity index (χ4n) is 2.13. The molecule has 17 heavy (non-hydrogen) atoms. The fraction of sp³-hybridized carbons (Fsp3) is 0.462. The lowest BCUT2D eigenvalue weighted by Crippen LogP contribution is -2.49. The minimum Gasteiger partial charge on any atom is -0.399 e. The van der Waals surface area contributed by atoms with Crippen LogP contribution in [0.1, 0.15) is 6.92 Å². The molecule has 0 aliphatic carbocycles. The molecule has 90 valence electrons. The molecular formula is C13H18N4. The van der Waals surface area contributed by atoms with Crippen molar-refractivity contribution in [1.82, 2.24) is 4.90 Å². The summed E-state index contributed by atoms with van der Waals surface area (Å²) in [6.45, 7) is 5.78. The number of piperazine rings is 1. The molecule has 1 unspecified atom stereocenters. The van der Waals surface area contributed by atoms with Crippen molar-refractivity contribution in [2.45, 2.75) is 13.0 Å². The number of hydrogen-bond acceptors (Lipinski definition) is 4. The molecular weight excluding hydrogens is 212 g/mol. The van der Waals surface area contributed by atoms with Crippen LogP contribution in [-0.4, -0.2) is 37.1 Å². The average molecular weight is 230 g/mol. The monoisotopic (exact) mass is 230 g/mol. The summed E-state index contributed by atoms with van der Waals surface area (Å²) < 4.78 is 0. The Kier molecular flexibility index (Phi) is 3.50. The van der Waals surface area contributed by atoms with Crippen molar-refractivity contribution >= 4 is 11.4 Å². The second kappa shape index (κ2) is 5.07. The Bertz CT molecular complexity index is 398. The standard InChI is InChI=1S/C13H18N4/c1-11(10-14)16-6-8-17(9-7-16)13-4-2-12(15)3-5-13/h2-5,11H,6-9,15H2,1H3. The van der Waals surface area contributed by atoms with Crippen molar-refractivity contribution < 1.29 is 0 Å². The predicted molar refractivity (Wildman–Crippen MR) is 69.7 cm³/mol. The predicted octanol–water partition coefficient (Wildman–Crippen LogP) is 1.30. The van der Waals surface area contributed by atoms with Gasteiger partial charge in [-0.15, -0.1) is 0 Å². The van der Waals surface area contributed by atoms with Gasteiger partial charge in [0.1, 0.15) is 0 Å². The second-order valence-corrected chi connectivity index (χ2v) is 4.42. The molecule has 0 radical (unpaired) electrons. The van der Waals surface area contributed by atoms with Gasteiger partial charge in [-0.3, -0.25) is 4.90 Å². The van der Waals surface area contributed by atoms with Gasteiger partial charge in [-0.1, -0.05) is 0 Å². The van der Waals surface area contributed by atoms with Gasteiger partial charge in [-0.25, -0.2) is 0 Å². The van der Waals surface area contributed by atoms with Crippen molar-refractivity contribution in [3.05, 3.63) is 24.3 Å². The van der Waals surface area contributed by atoms with Crippen molar-refractivity contribution in [3.63, 3.8) is 0 Å². The summed E-state index contributed by atoms with van der Waals surface area (Å²) in [7, 11) is 0. The van der Waals surface area contributed by atoms with Gasteiger partial charge in [0, 0.05) is 37.6 Å². The van der Waals surface area contributed by atoms with E-state index in [-0.39, 0.29) is 6.04 Å². The van der Waals surface area contributed by atoms with Crippen LogP contribution in [0.25, 0.3) is 0 Å². The fourth-order valence-corrected chi connectivity index (χ4v) is 2.13. The maximum absolute atomic E-state index is 8.88. The first kappa shape index (κ1) is 11.7.